The van der Waals surface area contributed by atoms with Crippen molar-refractivity contribution >= 4 is 23.2 Å². The highest BCUT2D eigenvalue weighted by atomic mass is 16.5. The molecule has 0 radical (unpaired) electrons. The minimum absolute atomic E-state index is 0.0158. The lowest BCUT2D eigenvalue weighted by atomic mass is 9.84. The van der Waals surface area contributed by atoms with Gasteiger partial charge in [0.25, 0.3) is 0 Å². The number of piperidine rings is 1. The molecule has 0 aliphatic carbocycles. The van der Waals surface area contributed by atoms with Crippen LogP contribution in [-0.4, -0.2) is 49.5 Å². The Labute approximate surface area is 177 Å². The zero-order valence-corrected chi connectivity index (χ0v) is 17.4. The Morgan fingerprint density at radius 1 is 1.13 bits per heavy atom. The highest BCUT2D eigenvalue weighted by Crippen LogP contribution is 2.33. The molecular formula is C23H28N4O3. The van der Waals surface area contributed by atoms with Crippen molar-refractivity contribution in [1.29, 1.82) is 0 Å². The lowest BCUT2D eigenvalue weighted by Gasteiger charge is -2.38. The van der Waals surface area contributed by atoms with E-state index in [1.54, 1.807) is 12.1 Å². The summed E-state index contributed by atoms with van der Waals surface area (Å²) in [4.78, 5) is 28.7. The van der Waals surface area contributed by atoms with Gasteiger partial charge in [-0.05, 0) is 37.2 Å². The monoisotopic (exact) mass is 408 g/mol. The lowest BCUT2D eigenvalue weighted by Crippen LogP contribution is -2.56. The van der Waals surface area contributed by atoms with Gasteiger partial charge in [0.15, 0.2) is 0 Å². The molecule has 7 heteroatoms. The number of anilines is 2. The van der Waals surface area contributed by atoms with Crippen LogP contribution in [0.15, 0.2) is 54.6 Å². The van der Waals surface area contributed by atoms with Gasteiger partial charge in [-0.25, -0.2) is 10.4 Å². The molecule has 0 saturated carbocycles. The number of hydrogen-bond donors (Lipinski definition) is 2. The molecule has 158 valence electrons. The van der Waals surface area contributed by atoms with Crippen LogP contribution in [-0.2, 0) is 9.59 Å². The maximum Gasteiger partial charge on any atom is 0.247 e. The lowest BCUT2D eigenvalue weighted by molar-refractivity contribution is -0.126. The highest BCUT2D eigenvalue weighted by Gasteiger charge is 2.50. The van der Waals surface area contributed by atoms with Crippen LogP contribution < -0.4 is 20.5 Å². The van der Waals surface area contributed by atoms with Gasteiger partial charge >= 0.3 is 0 Å². The molecule has 2 aliphatic heterocycles. The Bertz CT molecular complexity index is 904. The molecule has 2 aromatic carbocycles. The number of ether oxygens (including phenoxy) is 1. The van der Waals surface area contributed by atoms with Gasteiger partial charge in [-0.1, -0.05) is 37.3 Å². The van der Waals surface area contributed by atoms with Gasteiger partial charge in [0.05, 0.1) is 36.4 Å². The molecular weight excluding hydrogens is 380 g/mol. The third kappa shape index (κ3) is 3.91. The molecule has 3 atom stereocenters. The summed E-state index contributed by atoms with van der Waals surface area (Å²) in [5.41, 5.74) is 4.76. The van der Waals surface area contributed by atoms with Crippen molar-refractivity contribution in [3.8, 4) is 5.75 Å². The Hall–Kier alpha value is -2.90. The number of benzene rings is 2. The van der Waals surface area contributed by atoms with E-state index in [1.165, 1.54) is 0 Å². The van der Waals surface area contributed by atoms with Crippen LogP contribution in [0.3, 0.4) is 0 Å². The van der Waals surface area contributed by atoms with Gasteiger partial charge in [0, 0.05) is 13.1 Å². The fraction of sp³-hybridized carbons (Fsp3) is 0.391. The molecule has 0 aromatic heterocycles. The van der Waals surface area contributed by atoms with Gasteiger partial charge < -0.3 is 15.0 Å². The van der Waals surface area contributed by atoms with Crippen LogP contribution in [0.2, 0.25) is 0 Å². The number of hydrogen-bond acceptors (Lipinski definition) is 5. The second-order valence-electron chi connectivity index (χ2n) is 7.83. The summed E-state index contributed by atoms with van der Waals surface area (Å²) in [6, 6.07) is 16.6. The maximum absolute atomic E-state index is 13.3. The number of hydrazine groups is 1. The summed E-state index contributed by atoms with van der Waals surface area (Å²) in [5, 5.41) is 4.62. The largest absolute Gasteiger partial charge is 0.495 e. The number of nitrogens with one attached hydrogen (secondary N) is 2. The Kier molecular flexibility index (Phi) is 6.01. The summed E-state index contributed by atoms with van der Waals surface area (Å²) in [6.45, 7) is 4.24. The SMILES string of the molecule is CCCN1CC(C(=O)Nc2ccccc2OC)C2NN(c3ccccc3)C(=O)C2C1. The topological polar surface area (TPSA) is 73.9 Å². The summed E-state index contributed by atoms with van der Waals surface area (Å²) < 4.78 is 5.37. The molecule has 30 heavy (non-hydrogen) atoms. The van der Waals surface area contributed by atoms with E-state index in [-0.39, 0.29) is 29.7 Å². The molecule has 2 amide bonds. The van der Waals surface area contributed by atoms with E-state index in [4.69, 9.17) is 4.74 Å². The van der Waals surface area contributed by atoms with Crippen molar-refractivity contribution in [2.75, 3.05) is 37.1 Å². The number of nitrogens with zero attached hydrogens (tertiary/aromatic N) is 2. The van der Waals surface area contributed by atoms with Crippen LogP contribution in [0.1, 0.15) is 13.3 Å². The highest BCUT2D eigenvalue weighted by molar-refractivity contribution is 6.00. The minimum Gasteiger partial charge on any atom is -0.495 e. The number of para-hydroxylation sites is 3. The zero-order valence-electron chi connectivity index (χ0n) is 17.4. The van der Waals surface area contributed by atoms with Crippen LogP contribution >= 0.6 is 0 Å². The Morgan fingerprint density at radius 2 is 1.87 bits per heavy atom. The first-order chi connectivity index (χ1) is 14.6. The average molecular weight is 409 g/mol. The van der Waals surface area contributed by atoms with E-state index in [1.807, 2.05) is 54.6 Å². The first-order valence-corrected chi connectivity index (χ1v) is 10.4. The fourth-order valence-electron chi connectivity index (χ4n) is 4.43. The number of rotatable bonds is 6. The number of likely N-dealkylation sites (tertiary alicyclic amines) is 1. The number of fused-ring (bicyclic) bond motifs is 1. The predicted molar refractivity (Wildman–Crippen MR) is 116 cm³/mol. The van der Waals surface area contributed by atoms with Crippen molar-refractivity contribution in [2.24, 2.45) is 11.8 Å². The molecule has 7 nitrogen and oxygen atoms in total. The summed E-state index contributed by atoms with van der Waals surface area (Å²) in [5.74, 6) is -0.102. The third-order valence-electron chi connectivity index (χ3n) is 5.85. The number of carbonyl (C=O) groups is 2. The van der Waals surface area contributed by atoms with Crippen LogP contribution in [0.5, 0.6) is 5.75 Å². The first-order valence-electron chi connectivity index (χ1n) is 10.4. The second kappa shape index (κ2) is 8.85. The first kappa shape index (κ1) is 20.4. The molecule has 0 spiro atoms. The molecule has 2 heterocycles. The van der Waals surface area contributed by atoms with Crippen molar-refractivity contribution in [3.05, 3.63) is 54.6 Å². The van der Waals surface area contributed by atoms with Crippen molar-refractivity contribution < 1.29 is 14.3 Å². The van der Waals surface area contributed by atoms with E-state index < -0.39 is 0 Å². The zero-order chi connectivity index (χ0) is 21.1. The van der Waals surface area contributed by atoms with Gasteiger partial charge in [-0.3, -0.25) is 9.59 Å². The smallest absolute Gasteiger partial charge is 0.247 e. The molecule has 4 rings (SSSR count). The standard InChI is InChI=1S/C23H28N4O3/c1-3-13-26-14-17(22(28)24-19-11-7-8-12-20(19)30-2)21-18(15-26)23(29)27(25-21)16-9-5-4-6-10-16/h4-12,17-18,21,25H,3,13-15H2,1-2H3,(H,24,28). The van der Waals surface area contributed by atoms with Crippen molar-refractivity contribution in [3.63, 3.8) is 0 Å². The van der Waals surface area contributed by atoms with Crippen LogP contribution in [0, 0.1) is 11.8 Å². The van der Waals surface area contributed by atoms with Gasteiger partial charge in [-0.2, -0.15) is 0 Å². The quantitative estimate of drug-likeness (QED) is 0.768. The number of methoxy groups -OCH3 is 1. The van der Waals surface area contributed by atoms with Gasteiger partial charge in [-0.15, -0.1) is 0 Å². The Balaban J connectivity index is 1.59. The van der Waals surface area contributed by atoms with Crippen molar-refractivity contribution in [2.45, 2.75) is 19.4 Å². The fourth-order valence-corrected chi connectivity index (χ4v) is 4.43. The molecule has 2 aliphatic rings. The molecule has 2 N–H and O–H groups in total. The molecule has 3 unspecified atom stereocenters. The van der Waals surface area contributed by atoms with Gasteiger partial charge in [0.2, 0.25) is 11.8 Å². The normalized spacial score (nSPS) is 23.9. The van der Waals surface area contributed by atoms with E-state index >= 15 is 0 Å². The average Bonchev–Trinajstić information content (AvgIpc) is 3.11. The summed E-state index contributed by atoms with van der Waals surface area (Å²) in [7, 11) is 1.58. The van der Waals surface area contributed by atoms with E-state index in [9.17, 15) is 9.59 Å². The third-order valence-corrected chi connectivity index (χ3v) is 5.85. The number of amides is 2. The van der Waals surface area contributed by atoms with Crippen LogP contribution in [0.25, 0.3) is 0 Å². The second-order valence-corrected chi connectivity index (χ2v) is 7.83. The predicted octanol–water partition coefficient (Wildman–Crippen LogP) is 2.51. The molecule has 0 bridgehead atoms. The Morgan fingerprint density at radius 3 is 2.60 bits per heavy atom. The number of carbonyl (C=O) groups excluding carboxylic acids is 2. The van der Waals surface area contributed by atoms with E-state index in [0.717, 1.165) is 18.7 Å². The summed E-state index contributed by atoms with van der Waals surface area (Å²) >= 11 is 0. The van der Waals surface area contributed by atoms with Crippen LogP contribution in [0.4, 0.5) is 11.4 Å². The molecule has 2 saturated heterocycles. The van der Waals surface area contributed by atoms with E-state index in [0.29, 0.717) is 24.5 Å². The molecule has 2 fully saturated rings. The maximum atomic E-state index is 13.3. The summed E-state index contributed by atoms with van der Waals surface area (Å²) in [6.07, 6.45) is 0.974. The minimum atomic E-state index is -0.363. The van der Waals surface area contributed by atoms with E-state index in [2.05, 4.69) is 22.6 Å². The molecule has 2 aromatic rings. The van der Waals surface area contributed by atoms with Crippen molar-refractivity contribution in [1.82, 2.24) is 10.3 Å². The van der Waals surface area contributed by atoms with Gasteiger partial charge in [0.1, 0.15) is 5.75 Å².